The molecule has 1 aliphatic carbocycles. The quantitative estimate of drug-likeness (QED) is 0.808. The summed E-state index contributed by atoms with van der Waals surface area (Å²) in [5.74, 6) is 1.85. The van der Waals surface area contributed by atoms with Crippen molar-refractivity contribution in [1.29, 1.82) is 0 Å². The zero-order valence-corrected chi connectivity index (χ0v) is 15.1. The van der Waals surface area contributed by atoms with E-state index in [0.717, 1.165) is 29.0 Å². The molecule has 0 heterocycles. The highest BCUT2D eigenvalue weighted by Gasteiger charge is 2.22. The van der Waals surface area contributed by atoms with Crippen molar-refractivity contribution >= 4 is 15.9 Å². The van der Waals surface area contributed by atoms with E-state index in [0.29, 0.717) is 6.10 Å². The first-order valence-electron chi connectivity index (χ1n) is 8.20. The van der Waals surface area contributed by atoms with Crippen molar-refractivity contribution in [2.24, 2.45) is 11.7 Å². The average molecular weight is 354 g/mol. The Hall–Kier alpha value is -0.540. The molecule has 2 N–H and O–H groups in total. The fourth-order valence-electron chi connectivity index (χ4n) is 3.20. The van der Waals surface area contributed by atoms with Crippen molar-refractivity contribution in [2.45, 2.75) is 71.4 Å². The first-order chi connectivity index (χ1) is 9.99. The van der Waals surface area contributed by atoms with Gasteiger partial charge in [0.1, 0.15) is 5.75 Å². The molecular weight excluding hydrogens is 326 g/mol. The predicted octanol–water partition coefficient (Wildman–Crippen LogP) is 4.99. The van der Waals surface area contributed by atoms with E-state index in [2.05, 4.69) is 48.8 Å². The van der Waals surface area contributed by atoms with Crippen molar-refractivity contribution in [1.82, 2.24) is 0 Å². The zero-order valence-electron chi connectivity index (χ0n) is 13.5. The Bertz CT molecular complexity index is 475. The van der Waals surface area contributed by atoms with Crippen LogP contribution < -0.4 is 10.5 Å². The lowest BCUT2D eigenvalue weighted by atomic mass is 9.88. The van der Waals surface area contributed by atoms with Crippen LogP contribution in [0, 0.1) is 12.8 Å². The van der Waals surface area contributed by atoms with E-state index in [-0.39, 0.29) is 6.04 Å². The SMILES string of the molecule is CCC(N)Cc1cc(Br)cc(C)c1OC1CCCC(C)C1. The molecule has 0 radical (unpaired) electrons. The summed E-state index contributed by atoms with van der Waals surface area (Å²) in [6.07, 6.45) is 7.22. The third-order valence-corrected chi connectivity index (χ3v) is 4.95. The lowest BCUT2D eigenvalue weighted by Gasteiger charge is -2.29. The Labute approximate surface area is 137 Å². The van der Waals surface area contributed by atoms with Gasteiger partial charge in [-0.25, -0.2) is 0 Å². The minimum absolute atomic E-state index is 0.200. The van der Waals surface area contributed by atoms with Gasteiger partial charge in [-0.15, -0.1) is 0 Å². The van der Waals surface area contributed by atoms with Gasteiger partial charge in [0.25, 0.3) is 0 Å². The second-order valence-corrected chi connectivity index (χ2v) is 7.51. The zero-order chi connectivity index (χ0) is 15.4. The van der Waals surface area contributed by atoms with Crippen LogP contribution in [0.15, 0.2) is 16.6 Å². The van der Waals surface area contributed by atoms with Gasteiger partial charge in [0.2, 0.25) is 0 Å². The van der Waals surface area contributed by atoms with Gasteiger partial charge in [-0.05, 0) is 68.2 Å². The van der Waals surface area contributed by atoms with Crippen LogP contribution in [-0.2, 0) is 6.42 Å². The molecule has 1 fully saturated rings. The van der Waals surface area contributed by atoms with E-state index in [9.17, 15) is 0 Å². The van der Waals surface area contributed by atoms with Crippen molar-refractivity contribution in [3.05, 3.63) is 27.7 Å². The molecule has 1 saturated carbocycles. The third-order valence-electron chi connectivity index (χ3n) is 4.50. The van der Waals surface area contributed by atoms with Gasteiger partial charge in [0.15, 0.2) is 0 Å². The summed E-state index contributed by atoms with van der Waals surface area (Å²) in [4.78, 5) is 0. The van der Waals surface area contributed by atoms with Crippen molar-refractivity contribution in [3.8, 4) is 5.75 Å². The average Bonchev–Trinajstić information content (AvgIpc) is 2.42. The summed E-state index contributed by atoms with van der Waals surface area (Å²) in [5, 5.41) is 0. The predicted molar refractivity (Wildman–Crippen MR) is 92.9 cm³/mol. The van der Waals surface area contributed by atoms with Crippen molar-refractivity contribution in [3.63, 3.8) is 0 Å². The number of aryl methyl sites for hydroxylation is 1. The third kappa shape index (κ3) is 4.72. The van der Waals surface area contributed by atoms with Crippen LogP contribution >= 0.6 is 15.9 Å². The van der Waals surface area contributed by atoms with Crippen LogP contribution in [0.4, 0.5) is 0 Å². The molecule has 3 unspecified atom stereocenters. The number of halogens is 1. The molecule has 2 rings (SSSR count). The van der Waals surface area contributed by atoms with Gasteiger partial charge < -0.3 is 10.5 Å². The molecule has 0 spiro atoms. The van der Waals surface area contributed by atoms with Crippen LogP contribution in [0.1, 0.15) is 57.1 Å². The smallest absolute Gasteiger partial charge is 0.125 e. The maximum atomic E-state index is 6.41. The van der Waals surface area contributed by atoms with Crippen molar-refractivity contribution in [2.75, 3.05) is 0 Å². The minimum Gasteiger partial charge on any atom is -0.490 e. The number of nitrogens with two attached hydrogens (primary N) is 1. The molecule has 1 aliphatic rings. The lowest BCUT2D eigenvalue weighted by Crippen LogP contribution is -2.26. The first kappa shape index (κ1) is 16.8. The van der Waals surface area contributed by atoms with E-state index >= 15 is 0 Å². The number of hydrogen-bond acceptors (Lipinski definition) is 2. The molecule has 3 heteroatoms. The van der Waals surface area contributed by atoms with Gasteiger partial charge >= 0.3 is 0 Å². The number of hydrogen-bond donors (Lipinski definition) is 1. The summed E-state index contributed by atoms with van der Waals surface area (Å²) < 4.78 is 7.53. The highest BCUT2D eigenvalue weighted by Crippen LogP contribution is 2.33. The van der Waals surface area contributed by atoms with Gasteiger partial charge in [-0.3, -0.25) is 0 Å². The second kappa shape index (κ2) is 7.64. The van der Waals surface area contributed by atoms with E-state index in [1.54, 1.807) is 0 Å². The standard InChI is InChI=1S/C18H28BrNO/c1-4-16(20)11-14-10-15(19)9-13(3)18(14)21-17-7-5-6-12(2)8-17/h9-10,12,16-17H,4-8,11,20H2,1-3H3. The van der Waals surface area contributed by atoms with E-state index in [1.807, 2.05) is 0 Å². The Morgan fingerprint density at radius 3 is 2.81 bits per heavy atom. The van der Waals surface area contributed by atoms with Gasteiger partial charge in [0, 0.05) is 10.5 Å². The van der Waals surface area contributed by atoms with Crippen LogP contribution in [0.5, 0.6) is 5.75 Å². The van der Waals surface area contributed by atoms with E-state index in [1.165, 1.54) is 36.8 Å². The topological polar surface area (TPSA) is 35.2 Å². The molecule has 118 valence electrons. The van der Waals surface area contributed by atoms with Gasteiger partial charge in [0.05, 0.1) is 6.10 Å². The summed E-state index contributed by atoms with van der Waals surface area (Å²) in [7, 11) is 0. The van der Waals surface area contributed by atoms with E-state index < -0.39 is 0 Å². The largest absolute Gasteiger partial charge is 0.490 e. The molecule has 0 aromatic heterocycles. The molecule has 3 atom stereocenters. The molecule has 21 heavy (non-hydrogen) atoms. The number of ether oxygens (including phenoxy) is 1. The summed E-state index contributed by atoms with van der Waals surface area (Å²) in [6, 6.07) is 4.51. The molecule has 0 saturated heterocycles. The summed E-state index contributed by atoms with van der Waals surface area (Å²) >= 11 is 3.60. The Balaban J connectivity index is 2.19. The van der Waals surface area contributed by atoms with Crippen LogP contribution in [-0.4, -0.2) is 12.1 Å². The lowest BCUT2D eigenvalue weighted by molar-refractivity contribution is 0.127. The maximum absolute atomic E-state index is 6.41. The molecule has 0 aliphatic heterocycles. The van der Waals surface area contributed by atoms with Crippen LogP contribution in [0.3, 0.4) is 0 Å². The van der Waals surface area contributed by atoms with Gasteiger partial charge in [-0.2, -0.15) is 0 Å². The fourth-order valence-corrected chi connectivity index (χ4v) is 3.82. The summed E-state index contributed by atoms with van der Waals surface area (Å²) in [6.45, 7) is 6.60. The second-order valence-electron chi connectivity index (χ2n) is 6.60. The normalized spacial score (nSPS) is 23.9. The monoisotopic (exact) mass is 353 g/mol. The molecule has 1 aromatic carbocycles. The molecule has 0 amide bonds. The van der Waals surface area contributed by atoms with Crippen LogP contribution in [0.25, 0.3) is 0 Å². The Morgan fingerprint density at radius 2 is 2.14 bits per heavy atom. The van der Waals surface area contributed by atoms with Crippen molar-refractivity contribution < 1.29 is 4.74 Å². The highest BCUT2D eigenvalue weighted by atomic mass is 79.9. The maximum Gasteiger partial charge on any atom is 0.125 e. The van der Waals surface area contributed by atoms with Crippen LogP contribution in [0.2, 0.25) is 0 Å². The molecular formula is C18H28BrNO. The Morgan fingerprint density at radius 1 is 1.38 bits per heavy atom. The summed E-state index contributed by atoms with van der Waals surface area (Å²) in [5.41, 5.74) is 8.61. The van der Waals surface area contributed by atoms with E-state index in [4.69, 9.17) is 10.5 Å². The van der Waals surface area contributed by atoms with Gasteiger partial charge in [-0.1, -0.05) is 36.2 Å². The number of rotatable bonds is 5. The minimum atomic E-state index is 0.200. The molecule has 0 bridgehead atoms. The molecule has 1 aromatic rings. The Kier molecular flexibility index (Phi) is 6.12. The fraction of sp³-hybridized carbons (Fsp3) is 0.667. The highest BCUT2D eigenvalue weighted by molar-refractivity contribution is 9.10. The number of benzene rings is 1. The first-order valence-corrected chi connectivity index (χ1v) is 9.00. The molecule has 2 nitrogen and oxygen atoms in total.